The van der Waals surface area contributed by atoms with Gasteiger partial charge in [0, 0.05) is 12.7 Å². The molecule has 0 bridgehead atoms. The van der Waals surface area contributed by atoms with E-state index in [-0.39, 0.29) is 12.5 Å². The number of aliphatic carboxylic acids is 1. The topological polar surface area (TPSA) is 66.3 Å². The summed E-state index contributed by atoms with van der Waals surface area (Å²) in [6.45, 7) is 1.62. The van der Waals surface area contributed by atoms with E-state index >= 15 is 0 Å². The Labute approximate surface area is 101 Å². The van der Waals surface area contributed by atoms with Gasteiger partial charge in [-0.2, -0.15) is 13.2 Å². The summed E-state index contributed by atoms with van der Waals surface area (Å²) >= 11 is 0. The molecule has 1 aromatic rings. The first-order chi connectivity index (χ1) is 8.34. The van der Waals surface area contributed by atoms with Crippen LogP contribution in [-0.2, 0) is 11.0 Å². The van der Waals surface area contributed by atoms with E-state index in [2.05, 4.69) is 9.97 Å². The number of carbonyl (C=O) groups is 1. The Hall–Kier alpha value is -1.86. The fourth-order valence-corrected chi connectivity index (χ4v) is 1.34. The van der Waals surface area contributed by atoms with Gasteiger partial charge in [0.2, 0.25) is 5.95 Å². The second-order valence-electron chi connectivity index (χ2n) is 3.55. The predicted octanol–water partition coefficient (Wildman–Crippen LogP) is 1.80. The highest BCUT2D eigenvalue weighted by atomic mass is 19.4. The smallest absolute Gasteiger partial charge is 0.433 e. The number of anilines is 1. The fraction of sp³-hybridized carbons (Fsp3) is 0.500. The van der Waals surface area contributed by atoms with Crippen LogP contribution in [0.15, 0.2) is 12.3 Å². The van der Waals surface area contributed by atoms with Gasteiger partial charge < -0.3 is 10.0 Å². The number of hydrogen-bond acceptors (Lipinski definition) is 4. The molecule has 0 aromatic carbocycles. The molecule has 0 aliphatic carbocycles. The van der Waals surface area contributed by atoms with E-state index in [0.29, 0.717) is 6.42 Å². The van der Waals surface area contributed by atoms with Gasteiger partial charge in [0.15, 0.2) is 0 Å². The summed E-state index contributed by atoms with van der Waals surface area (Å²) in [4.78, 5) is 18.8. The number of nitrogens with zero attached hydrogens (tertiary/aromatic N) is 3. The molecule has 0 amide bonds. The van der Waals surface area contributed by atoms with Gasteiger partial charge in [-0.3, -0.25) is 4.79 Å². The Morgan fingerprint density at radius 1 is 1.50 bits per heavy atom. The van der Waals surface area contributed by atoms with Crippen molar-refractivity contribution in [1.82, 2.24) is 9.97 Å². The average Bonchev–Trinajstić information content (AvgIpc) is 2.27. The maximum atomic E-state index is 12.5. The summed E-state index contributed by atoms with van der Waals surface area (Å²) in [6, 6.07) is 0.744. The summed E-state index contributed by atoms with van der Waals surface area (Å²) in [5.74, 6) is -1.38. The van der Waals surface area contributed by atoms with Gasteiger partial charge in [-0.25, -0.2) is 9.97 Å². The van der Waals surface area contributed by atoms with E-state index in [0.717, 1.165) is 12.3 Å². The third-order valence-corrected chi connectivity index (χ3v) is 2.04. The van der Waals surface area contributed by atoms with E-state index < -0.39 is 24.4 Å². The van der Waals surface area contributed by atoms with Crippen molar-refractivity contribution in [2.75, 3.05) is 18.0 Å². The molecule has 0 fully saturated rings. The molecular formula is C10H12F3N3O2. The first-order valence-corrected chi connectivity index (χ1v) is 5.21. The number of halogens is 3. The van der Waals surface area contributed by atoms with Crippen molar-refractivity contribution in [2.24, 2.45) is 0 Å². The fourth-order valence-electron chi connectivity index (χ4n) is 1.34. The molecule has 0 saturated carbocycles. The van der Waals surface area contributed by atoms with Crippen LogP contribution < -0.4 is 4.90 Å². The first-order valence-electron chi connectivity index (χ1n) is 5.21. The Bertz CT molecular complexity index is 423. The van der Waals surface area contributed by atoms with Crippen LogP contribution in [0, 0.1) is 0 Å². The number of carboxylic acid groups (broad SMARTS) is 1. The molecule has 0 unspecified atom stereocenters. The zero-order valence-electron chi connectivity index (χ0n) is 9.61. The molecule has 0 aliphatic heterocycles. The maximum absolute atomic E-state index is 12.5. The van der Waals surface area contributed by atoms with E-state index in [1.807, 2.05) is 0 Å². The van der Waals surface area contributed by atoms with Crippen molar-refractivity contribution in [1.29, 1.82) is 0 Å². The summed E-state index contributed by atoms with van der Waals surface area (Å²) in [7, 11) is 0. The van der Waals surface area contributed by atoms with Crippen LogP contribution in [0.1, 0.15) is 19.0 Å². The lowest BCUT2D eigenvalue weighted by molar-refractivity contribution is -0.141. The van der Waals surface area contributed by atoms with Gasteiger partial charge in [-0.15, -0.1) is 0 Å². The number of carboxylic acids is 1. The molecule has 0 saturated heterocycles. The summed E-state index contributed by atoms with van der Waals surface area (Å²) in [5, 5.41) is 8.68. The average molecular weight is 263 g/mol. The van der Waals surface area contributed by atoms with Crippen molar-refractivity contribution >= 4 is 11.9 Å². The Morgan fingerprint density at radius 3 is 2.67 bits per heavy atom. The van der Waals surface area contributed by atoms with E-state index in [1.165, 1.54) is 4.90 Å². The lowest BCUT2D eigenvalue weighted by atomic mass is 10.4. The van der Waals surface area contributed by atoms with Crippen LogP contribution >= 0.6 is 0 Å². The third kappa shape index (κ3) is 3.86. The highest BCUT2D eigenvalue weighted by Gasteiger charge is 2.33. The SMILES string of the molecule is CCCN(CC(=O)O)c1nccc(C(F)(F)F)n1. The summed E-state index contributed by atoms with van der Waals surface area (Å²) in [6.07, 6.45) is -3.03. The van der Waals surface area contributed by atoms with Crippen LogP contribution in [0.4, 0.5) is 19.1 Å². The second kappa shape index (κ2) is 5.65. The maximum Gasteiger partial charge on any atom is 0.433 e. The highest BCUT2D eigenvalue weighted by Crippen LogP contribution is 2.28. The molecule has 5 nitrogen and oxygen atoms in total. The third-order valence-electron chi connectivity index (χ3n) is 2.04. The van der Waals surface area contributed by atoms with Crippen molar-refractivity contribution < 1.29 is 23.1 Å². The van der Waals surface area contributed by atoms with Gasteiger partial charge >= 0.3 is 12.1 Å². The molecule has 0 atom stereocenters. The van der Waals surface area contributed by atoms with Crippen molar-refractivity contribution in [3.05, 3.63) is 18.0 Å². The highest BCUT2D eigenvalue weighted by molar-refractivity contribution is 5.72. The van der Waals surface area contributed by atoms with Gasteiger partial charge in [0.05, 0.1) is 0 Å². The molecule has 1 aromatic heterocycles. The van der Waals surface area contributed by atoms with Crippen LogP contribution in [0.2, 0.25) is 0 Å². The predicted molar refractivity (Wildman–Crippen MR) is 57.2 cm³/mol. The minimum absolute atomic E-state index is 0.228. The quantitative estimate of drug-likeness (QED) is 0.877. The minimum Gasteiger partial charge on any atom is -0.480 e. The first kappa shape index (κ1) is 14.2. The lowest BCUT2D eigenvalue weighted by Gasteiger charge is -2.20. The van der Waals surface area contributed by atoms with Crippen LogP contribution in [0.25, 0.3) is 0 Å². The van der Waals surface area contributed by atoms with E-state index in [4.69, 9.17) is 5.11 Å². The monoisotopic (exact) mass is 263 g/mol. The zero-order valence-corrected chi connectivity index (χ0v) is 9.61. The normalized spacial score (nSPS) is 11.3. The molecule has 0 spiro atoms. The molecule has 8 heteroatoms. The molecule has 0 aliphatic rings. The number of aromatic nitrogens is 2. The molecule has 100 valence electrons. The lowest BCUT2D eigenvalue weighted by Crippen LogP contribution is -2.32. The largest absolute Gasteiger partial charge is 0.480 e. The van der Waals surface area contributed by atoms with Gasteiger partial charge in [0.1, 0.15) is 12.2 Å². The summed E-state index contributed by atoms with van der Waals surface area (Å²) in [5.41, 5.74) is -1.08. The van der Waals surface area contributed by atoms with E-state index in [9.17, 15) is 18.0 Å². The molecular weight excluding hydrogens is 251 g/mol. The molecule has 18 heavy (non-hydrogen) atoms. The number of alkyl halides is 3. The molecule has 1 rings (SSSR count). The second-order valence-corrected chi connectivity index (χ2v) is 3.55. The van der Waals surface area contributed by atoms with Crippen LogP contribution in [0.5, 0.6) is 0 Å². The molecule has 0 radical (unpaired) electrons. The number of rotatable bonds is 5. The molecule has 1 N–H and O–H groups in total. The zero-order chi connectivity index (χ0) is 13.8. The van der Waals surface area contributed by atoms with Gasteiger partial charge in [0.25, 0.3) is 0 Å². The van der Waals surface area contributed by atoms with E-state index in [1.54, 1.807) is 6.92 Å². The minimum atomic E-state index is -4.57. The standard InChI is InChI=1S/C10H12F3N3O2/c1-2-5-16(6-8(17)18)9-14-4-3-7(15-9)10(11,12)13/h3-4H,2,5-6H2,1H3,(H,17,18). The Balaban J connectivity index is 3.01. The van der Waals surface area contributed by atoms with Gasteiger partial charge in [-0.05, 0) is 12.5 Å². The van der Waals surface area contributed by atoms with Crippen molar-refractivity contribution in [2.45, 2.75) is 19.5 Å². The van der Waals surface area contributed by atoms with Crippen molar-refractivity contribution in [3.8, 4) is 0 Å². The molecule has 1 heterocycles. The Morgan fingerprint density at radius 2 is 2.17 bits per heavy atom. The van der Waals surface area contributed by atoms with Gasteiger partial charge in [-0.1, -0.05) is 6.92 Å². The van der Waals surface area contributed by atoms with Crippen LogP contribution in [-0.4, -0.2) is 34.1 Å². The summed E-state index contributed by atoms with van der Waals surface area (Å²) < 4.78 is 37.4. The van der Waals surface area contributed by atoms with Crippen molar-refractivity contribution in [3.63, 3.8) is 0 Å². The Kier molecular flexibility index (Phi) is 4.46. The van der Waals surface area contributed by atoms with Crippen LogP contribution in [0.3, 0.4) is 0 Å². The number of hydrogen-bond donors (Lipinski definition) is 1.